The van der Waals surface area contributed by atoms with Crippen molar-refractivity contribution in [1.82, 2.24) is 0 Å². The van der Waals surface area contributed by atoms with Gasteiger partial charge < -0.3 is 9.84 Å². The summed E-state index contributed by atoms with van der Waals surface area (Å²) in [6.45, 7) is 6.71. The van der Waals surface area contributed by atoms with Gasteiger partial charge in [0.2, 0.25) is 0 Å². The van der Waals surface area contributed by atoms with Crippen LogP contribution in [0, 0.1) is 5.92 Å². The molecule has 0 aliphatic heterocycles. The van der Waals surface area contributed by atoms with Gasteiger partial charge in [-0.2, -0.15) is 0 Å². The van der Waals surface area contributed by atoms with E-state index >= 15 is 0 Å². The van der Waals surface area contributed by atoms with Gasteiger partial charge in [0.25, 0.3) is 0 Å². The number of carbonyl (C=O) groups excluding carboxylic acids is 1. The summed E-state index contributed by atoms with van der Waals surface area (Å²) in [5, 5.41) is 9.96. The molecular formula is C20H40O3. The van der Waals surface area contributed by atoms with E-state index in [-0.39, 0.29) is 11.9 Å². The molecule has 2 atom stereocenters. The minimum Gasteiger partial charge on any atom is -0.465 e. The Kier molecular flexibility index (Phi) is 15.9. The van der Waals surface area contributed by atoms with E-state index in [9.17, 15) is 9.90 Å². The molecule has 1 N–H and O–H groups in total. The van der Waals surface area contributed by atoms with E-state index in [0.717, 1.165) is 19.3 Å². The van der Waals surface area contributed by atoms with Crippen molar-refractivity contribution in [2.75, 3.05) is 6.61 Å². The Hall–Kier alpha value is -0.570. The largest absolute Gasteiger partial charge is 0.465 e. The second-order valence-corrected chi connectivity index (χ2v) is 6.72. The molecular weight excluding hydrogens is 288 g/mol. The number of hydrogen-bond acceptors (Lipinski definition) is 3. The summed E-state index contributed by atoms with van der Waals surface area (Å²) in [6.07, 6.45) is 14.4. The van der Waals surface area contributed by atoms with E-state index in [2.05, 4.69) is 6.92 Å². The van der Waals surface area contributed by atoms with Crippen LogP contribution in [0.2, 0.25) is 0 Å². The van der Waals surface area contributed by atoms with Gasteiger partial charge in [-0.15, -0.1) is 0 Å². The van der Waals surface area contributed by atoms with E-state index in [0.29, 0.717) is 19.4 Å². The summed E-state index contributed by atoms with van der Waals surface area (Å²) < 4.78 is 5.34. The first-order chi connectivity index (χ1) is 11.2. The molecule has 3 heteroatoms. The number of hydrogen-bond donors (Lipinski definition) is 1. The van der Waals surface area contributed by atoms with Gasteiger partial charge >= 0.3 is 5.97 Å². The van der Waals surface area contributed by atoms with Crippen LogP contribution in [0.1, 0.15) is 104 Å². The minimum absolute atomic E-state index is 0.218. The number of rotatable bonds is 16. The molecule has 0 heterocycles. The van der Waals surface area contributed by atoms with Crippen LogP contribution >= 0.6 is 0 Å². The van der Waals surface area contributed by atoms with Crippen LogP contribution < -0.4 is 0 Å². The van der Waals surface area contributed by atoms with Crippen molar-refractivity contribution in [3.8, 4) is 0 Å². The number of unbranched alkanes of at least 4 members (excludes halogenated alkanes) is 9. The normalized spacial score (nSPS) is 13.7. The molecule has 0 fully saturated rings. The first kappa shape index (κ1) is 22.4. The molecule has 0 aliphatic rings. The fourth-order valence-corrected chi connectivity index (χ4v) is 2.96. The third-order valence-electron chi connectivity index (χ3n) is 4.53. The van der Waals surface area contributed by atoms with Crippen molar-refractivity contribution in [3.05, 3.63) is 0 Å². The Labute approximate surface area is 144 Å². The highest BCUT2D eigenvalue weighted by molar-refractivity contribution is 5.73. The zero-order valence-corrected chi connectivity index (χ0v) is 15.8. The summed E-state index contributed by atoms with van der Waals surface area (Å²) in [7, 11) is 0. The Balaban J connectivity index is 3.50. The number of ether oxygens (including phenoxy) is 1. The molecule has 23 heavy (non-hydrogen) atoms. The van der Waals surface area contributed by atoms with Gasteiger partial charge in [-0.25, -0.2) is 0 Å². The maximum atomic E-state index is 12.0. The first-order valence-corrected chi connectivity index (χ1v) is 10.0. The quantitative estimate of drug-likeness (QED) is 0.295. The van der Waals surface area contributed by atoms with E-state index in [4.69, 9.17) is 4.74 Å². The molecule has 0 aromatic carbocycles. The fourth-order valence-electron chi connectivity index (χ4n) is 2.96. The molecule has 0 aliphatic carbocycles. The first-order valence-electron chi connectivity index (χ1n) is 10.0. The maximum absolute atomic E-state index is 12.0. The van der Waals surface area contributed by atoms with E-state index < -0.39 is 6.10 Å². The molecule has 0 saturated carbocycles. The number of carbonyl (C=O) groups is 1. The summed E-state index contributed by atoms with van der Waals surface area (Å²) in [6, 6.07) is 0. The topological polar surface area (TPSA) is 46.5 Å². The average molecular weight is 329 g/mol. The standard InChI is InChI=1S/C20H40O3/c1-4-7-8-9-10-11-12-13-14-15-17-23-20(22)18(6-3)19(21)16-5-2/h18-19,21H,4-17H2,1-3H3. The highest BCUT2D eigenvalue weighted by Gasteiger charge is 2.25. The van der Waals surface area contributed by atoms with E-state index in [1.807, 2.05) is 13.8 Å². The van der Waals surface area contributed by atoms with Crippen LogP contribution in [0.5, 0.6) is 0 Å². The van der Waals surface area contributed by atoms with Gasteiger partial charge in [0.1, 0.15) is 0 Å². The molecule has 0 aromatic rings. The SMILES string of the molecule is CCCCCCCCCCCCOC(=O)C(CC)C(O)CCC. The van der Waals surface area contributed by atoms with Crippen molar-refractivity contribution < 1.29 is 14.6 Å². The van der Waals surface area contributed by atoms with Gasteiger partial charge in [0.15, 0.2) is 0 Å². The Morgan fingerprint density at radius 2 is 1.35 bits per heavy atom. The van der Waals surface area contributed by atoms with Gasteiger partial charge in [0, 0.05) is 0 Å². The van der Waals surface area contributed by atoms with Crippen molar-refractivity contribution in [2.45, 2.75) is 110 Å². The van der Waals surface area contributed by atoms with Crippen LogP contribution in [0.25, 0.3) is 0 Å². The third-order valence-corrected chi connectivity index (χ3v) is 4.53. The zero-order valence-electron chi connectivity index (χ0n) is 15.8. The maximum Gasteiger partial charge on any atom is 0.311 e. The minimum atomic E-state index is -0.551. The van der Waals surface area contributed by atoms with Gasteiger partial charge in [-0.3, -0.25) is 4.79 Å². The predicted molar refractivity (Wildman–Crippen MR) is 97.5 cm³/mol. The number of esters is 1. The third kappa shape index (κ3) is 12.5. The van der Waals surface area contributed by atoms with Crippen molar-refractivity contribution in [1.29, 1.82) is 0 Å². The molecule has 0 bridgehead atoms. The van der Waals surface area contributed by atoms with Crippen LogP contribution in [0.15, 0.2) is 0 Å². The summed E-state index contributed by atoms with van der Waals surface area (Å²) in [4.78, 5) is 12.0. The predicted octanol–water partition coefficient (Wildman–Crippen LogP) is 5.64. The average Bonchev–Trinajstić information content (AvgIpc) is 2.53. The highest BCUT2D eigenvalue weighted by Crippen LogP contribution is 2.16. The lowest BCUT2D eigenvalue weighted by Gasteiger charge is -2.19. The lowest BCUT2D eigenvalue weighted by Crippen LogP contribution is -2.29. The Morgan fingerprint density at radius 3 is 1.83 bits per heavy atom. The van der Waals surface area contributed by atoms with Crippen LogP contribution in [-0.4, -0.2) is 23.8 Å². The van der Waals surface area contributed by atoms with Gasteiger partial charge in [-0.05, 0) is 19.3 Å². The van der Waals surface area contributed by atoms with Crippen LogP contribution in [-0.2, 0) is 9.53 Å². The number of aliphatic hydroxyl groups excluding tert-OH is 1. The van der Waals surface area contributed by atoms with Crippen molar-refractivity contribution in [3.63, 3.8) is 0 Å². The smallest absolute Gasteiger partial charge is 0.311 e. The second-order valence-electron chi connectivity index (χ2n) is 6.72. The molecule has 138 valence electrons. The van der Waals surface area contributed by atoms with E-state index in [1.165, 1.54) is 51.4 Å². The van der Waals surface area contributed by atoms with Crippen molar-refractivity contribution >= 4 is 5.97 Å². The zero-order chi connectivity index (χ0) is 17.3. The Bertz CT molecular complexity index is 266. The number of aliphatic hydroxyl groups is 1. The Morgan fingerprint density at radius 1 is 0.826 bits per heavy atom. The highest BCUT2D eigenvalue weighted by atomic mass is 16.5. The summed E-state index contributed by atoms with van der Waals surface area (Å²) >= 11 is 0. The second kappa shape index (κ2) is 16.3. The van der Waals surface area contributed by atoms with Crippen molar-refractivity contribution in [2.24, 2.45) is 5.92 Å². The molecule has 3 nitrogen and oxygen atoms in total. The van der Waals surface area contributed by atoms with Crippen LogP contribution in [0.4, 0.5) is 0 Å². The lowest BCUT2D eigenvalue weighted by atomic mass is 9.96. The molecule has 2 unspecified atom stereocenters. The van der Waals surface area contributed by atoms with Gasteiger partial charge in [-0.1, -0.05) is 85.0 Å². The van der Waals surface area contributed by atoms with Gasteiger partial charge in [0.05, 0.1) is 18.6 Å². The molecule has 0 aromatic heterocycles. The monoisotopic (exact) mass is 328 g/mol. The van der Waals surface area contributed by atoms with Crippen LogP contribution in [0.3, 0.4) is 0 Å². The molecule has 0 saturated heterocycles. The fraction of sp³-hybridized carbons (Fsp3) is 0.950. The van der Waals surface area contributed by atoms with E-state index in [1.54, 1.807) is 0 Å². The molecule has 0 amide bonds. The molecule has 0 rings (SSSR count). The molecule has 0 spiro atoms. The molecule has 0 radical (unpaired) electrons. The summed E-state index contributed by atoms with van der Waals surface area (Å²) in [5.41, 5.74) is 0. The lowest BCUT2D eigenvalue weighted by molar-refractivity contribution is -0.153. The summed E-state index contributed by atoms with van der Waals surface area (Å²) in [5.74, 6) is -0.567.